The lowest BCUT2D eigenvalue weighted by Gasteiger charge is -2.55. The lowest BCUT2D eigenvalue weighted by molar-refractivity contribution is -0.139. The van der Waals surface area contributed by atoms with Crippen LogP contribution in [0.1, 0.15) is 30.4 Å². The van der Waals surface area contributed by atoms with E-state index in [2.05, 4.69) is 5.32 Å². The molecule has 3 nitrogen and oxygen atoms in total. The molecule has 0 spiro atoms. The van der Waals surface area contributed by atoms with E-state index in [9.17, 15) is 22.7 Å². The molecule has 1 fully saturated rings. The molecule has 0 radical (unpaired) electrons. The van der Waals surface area contributed by atoms with Gasteiger partial charge in [0, 0.05) is 22.0 Å². The van der Waals surface area contributed by atoms with Gasteiger partial charge in [0.15, 0.2) is 11.6 Å². The number of rotatable bonds is 4. The summed E-state index contributed by atoms with van der Waals surface area (Å²) in [5.74, 6) is -1.71. The summed E-state index contributed by atoms with van der Waals surface area (Å²) < 4.78 is 73.0. The van der Waals surface area contributed by atoms with Gasteiger partial charge in [0.25, 0.3) is 0 Å². The SMILES string of the molecule is O[C@@]12COc3c(F)ccc(F)c3C1(Cc1ccc(Cl)cc1)CC[C@@H](NCC(F)(F)F)C2. The Morgan fingerprint density at radius 1 is 1.10 bits per heavy atom. The molecule has 0 saturated heterocycles. The summed E-state index contributed by atoms with van der Waals surface area (Å²) in [5.41, 5.74) is -2.29. The first kappa shape index (κ1) is 22.3. The Balaban J connectivity index is 1.76. The van der Waals surface area contributed by atoms with Crippen LogP contribution < -0.4 is 10.1 Å². The molecule has 2 N–H and O–H groups in total. The van der Waals surface area contributed by atoms with Gasteiger partial charge >= 0.3 is 6.18 Å². The lowest BCUT2D eigenvalue weighted by Crippen LogP contribution is -2.65. The molecule has 1 aliphatic carbocycles. The Morgan fingerprint density at radius 2 is 1.77 bits per heavy atom. The molecule has 0 aromatic heterocycles. The number of halogens is 6. The summed E-state index contributed by atoms with van der Waals surface area (Å²) in [4.78, 5) is 0. The molecule has 31 heavy (non-hydrogen) atoms. The number of ether oxygens (including phenoxy) is 1. The number of hydrogen-bond donors (Lipinski definition) is 2. The highest BCUT2D eigenvalue weighted by Crippen LogP contribution is 2.55. The van der Waals surface area contributed by atoms with Crippen molar-refractivity contribution in [1.29, 1.82) is 0 Å². The molecular formula is C22H21ClF5NO2. The Bertz CT molecular complexity index is 968. The van der Waals surface area contributed by atoms with Gasteiger partial charge in [-0.1, -0.05) is 23.7 Å². The van der Waals surface area contributed by atoms with Crippen LogP contribution in [0.3, 0.4) is 0 Å². The molecule has 1 aliphatic heterocycles. The molecule has 2 aromatic rings. The zero-order valence-corrected chi connectivity index (χ0v) is 17.2. The Hall–Kier alpha value is -1.90. The van der Waals surface area contributed by atoms with Crippen LogP contribution in [-0.2, 0) is 11.8 Å². The number of hydrogen-bond acceptors (Lipinski definition) is 3. The van der Waals surface area contributed by atoms with E-state index in [0.717, 1.165) is 17.7 Å². The summed E-state index contributed by atoms with van der Waals surface area (Å²) in [6, 6.07) is 8.09. The van der Waals surface area contributed by atoms with Crippen molar-refractivity contribution in [3.8, 4) is 5.75 Å². The molecule has 168 valence electrons. The molecule has 0 bridgehead atoms. The second-order valence-electron chi connectivity index (χ2n) is 8.37. The average Bonchev–Trinajstić information content (AvgIpc) is 2.70. The average molecular weight is 462 g/mol. The predicted octanol–water partition coefficient (Wildman–Crippen LogP) is 4.93. The standard InChI is InChI=1S/C22H21ClF5NO2/c23-14-3-1-13(2-4-14)9-20-8-7-15(29-11-22(26,27)28)10-21(20,30)12-31-19-17(25)6-5-16(24)18(19)20/h1-6,15,29-30H,7-12H2/t15-,20?,21+/m1/s1. The van der Waals surface area contributed by atoms with E-state index in [1.807, 2.05) is 0 Å². The van der Waals surface area contributed by atoms with Gasteiger partial charge in [-0.15, -0.1) is 0 Å². The van der Waals surface area contributed by atoms with Gasteiger partial charge < -0.3 is 15.2 Å². The highest BCUT2D eigenvalue weighted by atomic mass is 35.5. The van der Waals surface area contributed by atoms with Crippen LogP contribution in [0, 0.1) is 11.6 Å². The summed E-state index contributed by atoms with van der Waals surface area (Å²) in [5, 5.41) is 14.6. The third-order valence-corrected chi connectivity index (χ3v) is 6.65. The van der Waals surface area contributed by atoms with Gasteiger partial charge in [0.05, 0.1) is 6.54 Å². The number of nitrogens with one attached hydrogen (secondary N) is 1. The summed E-state index contributed by atoms with van der Waals surface area (Å²) in [6.45, 7) is -1.55. The fourth-order valence-corrected chi connectivity index (χ4v) is 5.08. The van der Waals surface area contributed by atoms with Crippen molar-refractivity contribution in [1.82, 2.24) is 5.32 Å². The minimum atomic E-state index is -4.40. The van der Waals surface area contributed by atoms with Gasteiger partial charge in [-0.25, -0.2) is 8.78 Å². The Morgan fingerprint density at radius 3 is 2.45 bits per heavy atom. The maximum atomic E-state index is 15.1. The molecule has 2 aromatic carbocycles. The highest BCUT2D eigenvalue weighted by Gasteiger charge is 2.60. The molecule has 9 heteroatoms. The van der Waals surface area contributed by atoms with Crippen LogP contribution in [0.15, 0.2) is 36.4 Å². The summed E-state index contributed by atoms with van der Waals surface area (Å²) in [7, 11) is 0. The minimum absolute atomic E-state index is 0.0644. The van der Waals surface area contributed by atoms with Crippen molar-refractivity contribution in [3.63, 3.8) is 0 Å². The number of benzene rings is 2. The number of aliphatic hydroxyl groups is 1. The first-order chi connectivity index (χ1) is 14.5. The normalized spacial score (nSPS) is 27.9. The molecule has 1 saturated carbocycles. The predicted molar refractivity (Wildman–Crippen MR) is 105 cm³/mol. The maximum Gasteiger partial charge on any atom is 0.401 e. The molecule has 0 amide bonds. The quantitative estimate of drug-likeness (QED) is 0.635. The second kappa shape index (κ2) is 7.90. The number of fused-ring (bicyclic) bond motifs is 3. The van der Waals surface area contributed by atoms with Crippen molar-refractivity contribution in [2.24, 2.45) is 0 Å². The first-order valence-electron chi connectivity index (χ1n) is 9.91. The van der Waals surface area contributed by atoms with E-state index in [1.54, 1.807) is 24.3 Å². The third-order valence-electron chi connectivity index (χ3n) is 6.40. The van der Waals surface area contributed by atoms with Crippen molar-refractivity contribution in [3.05, 3.63) is 64.2 Å². The number of alkyl halides is 3. The molecule has 3 atom stereocenters. The minimum Gasteiger partial charge on any atom is -0.487 e. The molecular weight excluding hydrogens is 441 g/mol. The van der Waals surface area contributed by atoms with E-state index >= 15 is 4.39 Å². The van der Waals surface area contributed by atoms with E-state index in [4.69, 9.17) is 16.3 Å². The zero-order chi connectivity index (χ0) is 22.4. The highest BCUT2D eigenvalue weighted by molar-refractivity contribution is 6.30. The van der Waals surface area contributed by atoms with Crippen LogP contribution in [0.25, 0.3) is 0 Å². The van der Waals surface area contributed by atoms with Gasteiger partial charge in [0.1, 0.15) is 18.0 Å². The van der Waals surface area contributed by atoms with E-state index in [-0.39, 0.29) is 43.6 Å². The largest absolute Gasteiger partial charge is 0.487 e. The molecule has 1 unspecified atom stereocenters. The zero-order valence-electron chi connectivity index (χ0n) is 16.4. The third kappa shape index (κ3) is 4.13. The fraction of sp³-hybridized carbons (Fsp3) is 0.455. The Labute approximate surface area is 181 Å². The van der Waals surface area contributed by atoms with Crippen LogP contribution in [0.4, 0.5) is 22.0 Å². The van der Waals surface area contributed by atoms with Crippen LogP contribution in [0.2, 0.25) is 5.02 Å². The lowest BCUT2D eigenvalue weighted by atomic mass is 9.55. The maximum absolute atomic E-state index is 15.1. The van der Waals surface area contributed by atoms with Crippen molar-refractivity contribution >= 4 is 11.6 Å². The molecule has 1 heterocycles. The van der Waals surface area contributed by atoms with E-state index in [1.165, 1.54) is 0 Å². The fourth-order valence-electron chi connectivity index (χ4n) is 4.95. The summed E-state index contributed by atoms with van der Waals surface area (Å²) >= 11 is 5.96. The second-order valence-corrected chi connectivity index (χ2v) is 8.81. The van der Waals surface area contributed by atoms with Crippen molar-refractivity contribution in [2.45, 2.75) is 48.9 Å². The topological polar surface area (TPSA) is 41.5 Å². The van der Waals surface area contributed by atoms with Gasteiger partial charge in [-0.3, -0.25) is 0 Å². The monoisotopic (exact) mass is 461 g/mol. The van der Waals surface area contributed by atoms with E-state index < -0.39 is 41.4 Å². The smallest absolute Gasteiger partial charge is 0.401 e. The van der Waals surface area contributed by atoms with E-state index in [0.29, 0.717) is 5.02 Å². The van der Waals surface area contributed by atoms with Crippen LogP contribution in [-0.4, -0.2) is 36.1 Å². The van der Waals surface area contributed by atoms with Gasteiger partial charge in [0.2, 0.25) is 0 Å². The van der Waals surface area contributed by atoms with Crippen molar-refractivity contribution < 1.29 is 31.8 Å². The Kier molecular flexibility index (Phi) is 5.69. The van der Waals surface area contributed by atoms with Crippen molar-refractivity contribution in [2.75, 3.05) is 13.2 Å². The summed E-state index contributed by atoms with van der Waals surface area (Å²) in [6.07, 6.45) is -3.93. The van der Waals surface area contributed by atoms with Crippen LogP contribution >= 0.6 is 11.6 Å². The van der Waals surface area contributed by atoms with Crippen LogP contribution in [0.5, 0.6) is 5.75 Å². The molecule has 4 rings (SSSR count). The van der Waals surface area contributed by atoms with Gasteiger partial charge in [-0.05, 0) is 55.5 Å². The first-order valence-corrected chi connectivity index (χ1v) is 10.3. The molecule has 2 aliphatic rings. The van der Waals surface area contributed by atoms with Gasteiger partial charge in [-0.2, -0.15) is 13.2 Å².